The van der Waals surface area contributed by atoms with Crippen molar-refractivity contribution in [2.75, 3.05) is 0 Å². The van der Waals surface area contributed by atoms with Gasteiger partial charge in [-0.25, -0.2) is 15.0 Å². The monoisotopic (exact) mass is 347 g/mol. The number of fused-ring (bicyclic) bond motifs is 1. The molecule has 4 aromatic rings. The van der Waals surface area contributed by atoms with E-state index in [1.54, 1.807) is 30.5 Å². The molecule has 122 valence electrons. The third-order valence-corrected chi connectivity index (χ3v) is 4.70. The van der Waals surface area contributed by atoms with Crippen molar-refractivity contribution in [3.05, 3.63) is 77.2 Å². The molecule has 0 atom stereocenters. The fourth-order valence-corrected chi connectivity index (χ4v) is 3.30. The van der Waals surface area contributed by atoms with E-state index < -0.39 is 0 Å². The molecule has 2 aromatic carbocycles. The minimum atomic E-state index is -0.0917. The summed E-state index contributed by atoms with van der Waals surface area (Å²) in [6.07, 6.45) is 3.13. The molecular formula is C19H13N3O2S. The van der Waals surface area contributed by atoms with Crippen LogP contribution in [0.15, 0.2) is 61.1 Å². The predicted molar refractivity (Wildman–Crippen MR) is 96.3 cm³/mol. The normalized spacial score (nSPS) is 10.8. The SMILES string of the molecule is Cc1cncnc1Oc1ccc(C(=O)c2nc3ccccc3s2)cc1. The van der Waals surface area contributed by atoms with Crippen molar-refractivity contribution in [2.45, 2.75) is 6.92 Å². The first-order chi connectivity index (χ1) is 12.2. The Morgan fingerprint density at radius 3 is 2.64 bits per heavy atom. The Morgan fingerprint density at radius 2 is 1.88 bits per heavy atom. The van der Waals surface area contributed by atoms with Crippen LogP contribution in [0.5, 0.6) is 11.6 Å². The number of benzene rings is 2. The Morgan fingerprint density at radius 1 is 1.08 bits per heavy atom. The largest absolute Gasteiger partial charge is 0.439 e. The second-order valence-corrected chi connectivity index (χ2v) is 6.48. The molecular weight excluding hydrogens is 334 g/mol. The molecule has 0 unspecified atom stereocenters. The van der Waals surface area contributed by atoms with E-state index in [4.69, 9.17) is 4.74 Å². The average Bonchev–Trinajstić information content (AvgIpc) is 3.08. The highest BCUT2D eigenvalue weighted by molar-refractivity contribution is 7.20. The number of aryl methyl sites for hydroxylation is 1. The Labute approximate surface area is 148 Å². The number of nitrogens with zero attached hydrogens (tertiary/aromatic N) is 3. The van der Waals surface area contributed by atoms with Gasteiger partial charge < -0.3 is 4.74 Å². The van der Waals surface area contributed by atoms with Crippen molar-refractivity contribution in [2.24, 2.45) is 0 Å². The molecule has 2 heterocycles. The van der Waals surface area contributed by atoms with Crippen LogP contribution >= 0.6 is 11.3 Å². The van der Waals surface area contributed by atoms with Crippen molar-refractivity contribution < 1.29 is 9.53 Å². The summed E-state index contributed by atoms with van der Waals surface area (Å²) in [4.78, 5) is 25.1. The first-order valence-electron chi connectivity index (χ1n) is 7.65. The molecule has 0 N–H and O–H groups in total. The molecule has 0 aliphatic carbocycles. The zero-order valence-electron chi connectivity index (χ0n) is 13.3. The van der Waals surface area contributed by atoms with Crippen LogP contribution in [-0.4, -0.2) is 20.7 Å². The van der Waals surface area contributed by atoms with Crippen molar-refractivity contribution in [3.63, 3.8) is 0 Å². The molecule has 0 amide bonds. The number of thiazole rings is 1. The molecule has 0 aliphatic rings. The average molecular weight is 347 g/mol. The molecule has 5 nitrogen and oxygen atoms in total. The molecule has 0 fully saturated rings. The van der Waals surface area contributed by atoms with Crippen LogP contribution < -0.4 is 4.74 Å². The highest BCUT2D eigenvalue weighted by Gasteiger charge is 2.14. The van der Waals surface area contributed by atoms with E-state index in [0.717, 1.165) is 15.8 Å². The first-order valence-corrected chi connectivity index (χ1v) is 8.47. The zero-order chi connectivity index (χ0) is 17.2. The van der Waals surface area contributed by atoms with Crippen LogP contribution in [0, 0.1) is 6.92 Å². The van der Waals surface area contributed by atoms with E-state index >= 15 is 0 Å². The number of ketones is 1. The van der Waals surface area contributed by atoms with Gasteiger partial charge >= 0.3 is 0 Å². The van der Waals surface area contributed by atoms with Gasteiger partial charge in [0.05, 0.1) is 10.2 Å². The number of aromatic nitrogens is 3. The fraction of sp³-hybridized carbons (Fsp3) is 0.0526. The van der Waals surface area contributed by atoms with Crippen LogP contribution in [0.1, 0.15) is 20.9 Å². The summed E-state index contributed by atoms with van der Waals surface area (Å²) in [5, 5.41) is 0.488. The molecule has 0 spiro atoms. The van der Waals surface area contributed by atoms with Gasteiger partial charge in [0.2, 0.25) is 11.7 Å². The minimum Gasteiger partial charge on any atom is -0.439 e. The topological polar surface area (TPSA) is 65.0 Å². The Kier molecular flexibility index (Phi) is 3.95. The van der Waals surface area contributed by atoms with Crippen LogP contribution in [0.25, 0.3) is 10.2 Å². The number of carbonyl (C=O) groups excluding carboxylic acids is 1. The van der Waals surface area contributed by atoms with Crippen molar-refractivity contribution in [1.29, 1.82) is 0 Å². The number of para-hydroxylation sites is 1. The maximum atomic E-state index is 12.6. The van der Waals surface area contributed by atoms with Gasteiger partial charge in [-0.15, -0.1) is 11.3 Å². The zero-order valence-corrected chi connectivity index (χ0v) is 14.2. The van der Waals surface area contributed by atoms with Crippen molar-refractivity contribution in [1.82, 2.24) is 15.0 Å². The molecule has 0 saturated carbocycles. The van der Waals surface area contributed by atoms with Crippen LogP contribution in [0.3, 0.4) is 0 Å². The highest BCUT2D eigenvalue weighted by atomic mass is 32.1. The number of ether oxygens (including phenoxy) is 1. The van der Waals surface area contributed by atoms with Gasteiger partial charge in [-0.3, -0.25) is 4.79 Å². The molecule has 0 aliphatic heterocycles. The standard InChI is InChI=1S/C19H13N3O2S/c1-12-10-20-11-21-18(12)24-14-8-6-13(7-9-14)17(23)19-22-15-4-2-3-5-16(15)25-19/h2-11H,1H3. The summed E-state index contributed by atoms with van der Waals surface area (Å²) in [5.41, 5.74) is 2.26. The van der Waals surface area contributed by atoms with Gasteiger partial charge in [-0.05, 0) is 43.3 Å². The smallest absolute Gasteiger partial charge is 0.225 e. The number of hydrogen-bond donors (Lipinski definition) is 0. The molecule has 0 radical (unpaired) electrons. The molecule has 0 saturated heterocycles. The van der Waals surface area contributed by atoms with E-state index in [2.05, 4.69) is 15.0 Å². The van der Waals surface area contributed by atoms with E-state index in [1.165, 1.54) is 17.7 Å². The molecule has 6 heteroatoms. The van der Waals surface area contributed by atoms with Crippen LogP contribution in [-0.2, 0) is 0 Å². The van der Waals surface area contributed by atoms with E-state index in [9.17, 15) is 4.79 Å². The third kappa shape index (κ3) is 3.12. The highest BCUT2D eigenvalue weighted by Crippen LogP contribution is 2.26. The number of rotatable bonds is 4. The van der Waals surface area contributed by atoms with Gasteiger partial charge in [0.15, 0.2) is 5.01 Å². The number of hydrogen-bond acceptors (Lipinski definition) is 6. The lowest BCUT2D eigenvalue weighted by Crippen LogP contribution is -2.00. The summed E-state index contributed by atoms with van der Waals surface area (Å²) < 4.78 is 6.73. The Bertz CT molecular complexity index is 1020. The van der Waals surface area contributed by atoms with E-state index in [0.29, 0.717) is 22.2 Å². The van der Waals surface area contributed by atoms with Gasteiger partial charge in [0, 0.05) is 17.3 Å². The molecule has 25 heavy (non-hydrogen) atoms. The van der Waals surface area contributed by atoms with Gasteiger partial charge in [-0.2, -0.15) is 0 Å². The second kappa shape index (κ2) is 6.41. The summed E-state index contributed by atoms with van der Waals surface area (Å²) in [7, 11) is 0. The van der Waals surface area contributed by atoms with Crippen LogP contribution in [0.2, 0.25) is 0 Å². The summed E-state index contributed by atoms with van der Waals surface area (Å²) in [6.45, 7) is 1.88. The third-order valence-electron chi connectivity index (χ3n) is 3.67. The van der Waals surface area contributed by atoms with Gasteiger partial charge in [0.1, 0.15) is 12.1 Å². The second-order valence-electron chi connectivity index (χ2n) is 5.45. The summed E-state index contributed by atoms with van der Waals surface area (Å²) in [5.74, 6) is 1.02. The van der Waals surface area contributed by atoms with Gasteiger partial charge in [-0.1, -0.05) is 12.1 Å². The predicted octanol–water partition coefficient (Wildman–Crippen LogP) is 4.42. The van der Waals surface area contributed by atoms with Crippen molar-refractivity contribution in [3.8, 4) is 11.6 Å². The maximum absolute atomic E-state index is 12.6. The minimum absolute atomic E-state index is 0.0917. The molecule has 2 aromatic heterocycles. The fourth-order valence-electron chi connectivity index (χ4n) is 2.37. The van der Waals surface area contributed by atoms with Crippen LogP contribution in [0.4, 0.5) is 0 Å². The van der Waals surface area contributed by atoms with Crippen molar-refractivity contribution >= 4 is 27.3 Å². The maximum Gasteiger partial charge on any atom is 0.225 e. The van der Waals surface area contributed by atoms with Gasteiger partial charge in [0.25, 0.3) is 0 Å². The quantitative estimate of drug-likeness (QED) is 0.511. The van der Waals surface area contributed by atoms with E-state index in [1.807, 2.05) is 31.2 Å². The lowest BCUT2D eigenvalue weighted by Gasteiger charge is -2.06. The molecule has 0 bridgehead atoms. The summed E-state index contributed by atoms with van der Waals surface area (Å²) >= 11 is 1.40. The Balaban J connectivity index is 1.57. The lowest BCUT2D eigenvalue weighted by molar-refractivity contribution is 0.103. The number of carbonyl (C=O) groups is 1. The lowest BCUT2D eigenvalue weighted by atomic mass is 10.1. The summed E-state index contributed by atoms with van der Waals surface area (Å²) in [6, 6.07) is 14.7. The van der Waals surface area contributed by atoms with E-state index in [-0.39, 0.29) is 5.78 Å². The Hall–Kier alpha value is -3.12. The molecule has 4 rings (SSSR count). The first kappa shape index (κ1) is 15.4.